The maximum atomic E-state index is 5.80. The first-order valence-electron chi connectivity index (χ1n) is 6.87. The Labute approximate surface area is 105 Å². The first-order chi connectivity index (χ1) is 8.12. The van der Waals surface area contributed by atoms with Crippen molar-refractivity contribution in [2.45, 2.75) is 25.8 Å². The minimum atomic E-state index is 0.330. The van der Waals surface area contributed by atoms with Gasteiger partial charge >= 0.3 is 0 Å². The molecule has 0 aliphatic carbocycles. The largest absolute Gasteiger partial charge is 0.379 e. The van der Waals surface area contributed by atoms with Crippen molar-refractivity contribution in [1.82, 2.24) is 9.80 Å². The molecule has 0 radical (unpaired) electrons. The third-order valence-corrected chi connectivity index (χ3v) is 4.25. The second-order valence-corrected chi connectivity index (χ2v) is 6.02. The summed E-state index contributed by atoms with van der Waals surface area (Å²) in [6.45, 7) is 13.0. The summed E-state index contributed by atoms with van der Waals surface area (Å²) < 4.78 is 5.38. The zero-order valence-electron chi connectivity index (χ0n) is 11.3. The highest BCUT2D eigenvalue weighted by atomic mass is 16.5. The van der Waals surface area contributed by atoms with Crippen molar-refractivity contribution in [3.05, 3.63) is 0 Å². The SMILES string of the molecule is CC1(C)CC(CN)CN1CCN1CCOCC1. The second-order valence-electron chi connectivity index (χ2n) is 6.02. The zero-order valence-corrected chi connectivity index (χ0v) is 11.3. The molecule has 2 rings (SSSR count). The highest BCUT2D eigenvalue weighted by molar-refractivity contribution is 4.93. The quantitative estimate of drug-likeness (QED) is 0.772. The lowest BCUT2D eigenvalue weighted by Gasteiger charge is -2.34. The molecule has 1 unspecified atom stereocenters. The van der Waals surface area contributed by atoms with Crippen LogP contribution in [0.3, 0.4) is 0 Å². The van der Waals surface area contributed by atoms with E-state index < -0.39 is 0 Å². The van der Waals surface area contributed by atoms with Gasteiger partial charge in [0, 0.05) is 38.3 Å². The summed E-state index contributed by atoms with van der Waals surface area (Å²) in [5, 5.41) is 0. The van der Waals surface area contributed by atoms with Crippen LogP contribution in [0.15, 0.2) is 0 Å². The molecule has 2 fully saturated rings. The molecular formula is C13H27N3O. The van der Waals surface area contributed by atoms with Crippen LogP contribution in [0.2, 0.25) is 0 Å². The van der Waals surface area contributed by atoms with Crippen LogP contribution in [0, 0.1) is 5.92 Å². The van der Waals surface area contributed by atoms with E-state index in [4.69, 9.17) is 10.5 Å². The molecule has 17 heavy (non-hydrogen) atoms. The normalized spacial score (nSPS) is 30.9. The van der Waals surface area contributed by atoms with E-state index >= 15 is 0 Å². The number of morpholine rings is 1. The first kappa shape index (κ1) is 13.3. The summed E-state index contributed by atoms with van der Waals surface area (Å²) in [4.78, 5) is 5.12. The molecule has 2 aliphatic heterocycles. The topological polar surface area (TPSA) is 41.7 Å². The zero-order chi connectivity index (χ0) is 12.3. The van der Waals surface area contributed by atoms with Crippen molar-refractivity contribution in [3.8, 4) is 0 Å². The molecule has 0 saturated carbocycles. The van der Waals surface area contributed by atoms with Gasteiger partial charge in [0.05, 0.1) is 13.2 Å². The van der Waals surface area contributed by atoms with Gasteiger partial charge in [-0.25, -0.2) is 0 Å². The highest BCUT2D eigenvalue weighted by Gasteiger charge is 2.37. The fraction of sp³-hybridized carbons (Fsp3) is 1.00. The molecule has 0 spiro atoms. The van der Waals surface area contributed by atoms with Crippen LogP contribution in [-0.2, 0) is 4.74 Å². The van der Waals surface area contributed by atoms with Crippen LogP contribution in [-0.4, -0.2) is 67.8 Å². The van der Waals surface area contributed by atoms with E-state index in [9.17, 15) is 0 Å². The Morgan fingerprint density at radius 3 is 2.53 bits per heavy atom. The maximum absolute atomic E-state index is 5.80. The van der Waals surface area contributed by atoms with Crippen LogP contribution in [0.25, 0.3) is 0 Å². The van der Waals surface area contributed by atoms with Gasteiger partial charge in [0.25, 0.3) is 0 Å². The van der Waals surface area contributed by atoms with Crippen LogP contribution >= 0.6 is 0 Å². The van der Waals surface area contributed by atoms with Gasteiger partial charge < -0.3 is 10.5 Å². The summed E-state index contributed by atoms with van der Waals surface area (Å²) >= 11 is 0. The van der Waals surface area contributed by atoms with Gasteiger partial charge in [-0.05, 0) is 32.7 Å². The number of nitrogens with zero attached hydrogens (tertiary/aromatic N) is 2. The monoisotopic (exact) mass is 241 g/mol. The third-order valence-electron chi connectivity index (χ3n) is 4.25. The summed E-state index contributed by atoms with van der Waals surface area (Å²) in [6.07, 6.45) is 1.24. The van der Waals surface area contributed by atoms with Gasteiger partial charge in [0.2, 0.25) is 0 Å². The molecule has 0 amide bonds. The van der Waals surface area contributed by atoms with E-state index in [-0.39, 0.29) is 0 Å². The van der Waals surface area contributed by atoms with Crippen molar-refractivity contribution in [1.29, 1.82) is 0 Å². The minimum absolute atomic E-state index is 0.330. The van der Waals surface area contributed by atoms with E-state index in [1.165, 1.54) is 26.1 Å². The first-order valence-corrected chi connectivity index (χ1v) is 6.87. The average Bonchev–Trinajstić information content (AvgIpc) is 2.63. The predicted octanol–water partition coefficient (Wildman–Crippen LogP) is 0.378. The van der Waals surface area contributed by atoms with Crippen LogP contribution in [0.4, 0.5) is 0 Å². The summed E-state index contributed by atoms with van der Waals surface area (Å²) in [6, 6.07) is 0. The molecule has 2 saturated heterocycles. The third kappa shape index (κ3) is 3.41. The molecule has 0 aromatic carbocycles. The Bertz CT molecular complexity index is 239. The molecule has 0 bridgehead atoms. The minimum Gasteiger partial charge on any atom is -0.379 e. The van der Waals surface area contributed by atoms with Crippen molar-refractivity contribution in [2.75, 3.05) is 52.5 Å². The van der Waals surface area contributed by atoms with E-state index in [2.05, 4.69) is 23.6 Å². The fourth-order valence-electron chi connectivity index (χ4n) is 3.10. The molecule has 4 heteroatoms. The van der Waals surface area contributed by atoms with E-state index in [1.54, 1.807) is 0 Å². The number of hydrogen-bond donors (Lipinski definition) is 1. The van der Waals surface area contributed by atoms with Crippen molar-refractivity contribution in [2.24, 2.45) is 11.7 Å². The summed E-state index contributed by atoms with van der Waals surface area (Å²) in [5.41, 5.74) is 6.13. The average molecular weight is 241 g/mol. The van der Waals surface area contributed by atoms with Gasteiger partial charge in [0.15, 0.2) is 0 Å². The smallest absolute Gasteiger partial charge is 0.0594 e. The molecule has 2 N–H and O–H groups in total. The number of ether oxygens (including phenoxy) is 1. The van der Waals surface area contributed by atoms with Crippen LogP contribution in [0.5, 0.6) is 0 Å². The van der Waals surface area contributed by atoms with Crippen LogP contribution in [0.1, 0.15) is 20.3 Å². The summed E-state index contributed by atoms with van der Waals surface area (Å²) in [7, 11) is 0. The lowest BCUT2D eigenvalue weighted by Crippen LogP contribution is -2.45. The molecule has 0 aromatic rings. The van der Waals surface area contributed by atoms with Gasteiger partial charge in [-0.15, -0.1) is 0 Å². The van der Waals surface area contributed by atoms with Gasteiger partial charge in [0.1, 0.15) is 0 Å². The Morgan fingerprint density at radius 1 is 1.24 bits per heavy atom. The van der Waals surface area contributed by atoms with Gasteiger partial charge in [-0.2, -0.15) is 0 Å². The Balaban J connectivity index is 1.77. The number of hydrogen-bond acceptors (Lipinski definition) is 4. The lowest BCUT2D eigenvalue weighted by molar-refractivity contribution is 0.0296. The maximum Gasteiger partial charge on any atom is 0.0594 e. The fourth-order valence-corrected chi connectivity index (χ4v) is 3.10. The standard InChI is InChI=1S/C13H27N3O/c1-13(2)9-12(10-14)11-16(13)4-3-15-5-7-17-8-6-15/h12H,3-11,14H2,1-2H3. The second kappa shape index (κ2) is 5.65. The van der Waals surface area contributed by atoms with E-state index in [1.807, 2.05) is 0 Å². The lowest BCUT2D eigenvalue weighted by atomic mass is 9.96. The molecule has 2 aliphatic rings. The van der Waals surface area contributed by atoms with Crippen molar-refractivity contribution >= 4 is 0 Å². The highest BCUT2D eigenvalue weighted by Crippen LogP contribution is 2.31. The van der Waals surface area contributed by atoms with Crippen molar-refractivity contribution in [3.63, 3.8) is 0 Å². The number of nitrogens with two attached hydrogens (primary N) is 1. The molecule has 4 nitrogen and oxygen atoms in total. The van der Waals surface area contributed by atoms with E-state index in [0.29, 0.717) is 11.5 Å². The molecule has 1 atom stereocenters. The van der Waals surface area contributed by atoms with Crippen LogP contribution < -0.4 is 5.73 Å². The molecule has 100 valence electrons. The Kier molecular flexibility index (Phi) is 4.42. The van der Waals surface area contributed by atoms with Crippen molar-refractivity contribution < 1.29 is 4.74 Å². The Hall–Kier alpha value is -0.160. The predicted molar refractivity (Wildman–Crippen MR) is 70.1 cm³/mol. The van der Waals surface area contributed by atoms with E-state index in [0.717, 1.165) is 32.8 Å². The molecule has 2 heterocycles. The number of rotatable bonds is 4. The molecular weight excluding hydrogens is 214 g/mol. The molecule has 0 aromatic heterocycles. The van der Waals surface area contributed by atoms with Gasteiger partial charge in [-0.1, -0.05) is 0 Å². The summed E-state index contributed by atoms with van der Waals surface area (Å²) in [5.74, 6) is 0.690. The Morgan fingerprint density at radius 2 is 1.94 bits per heavy atom. The van der Waals surface area contributed by atoms with Gasteiger partial charge in [-0.3, -0.25) is 9.80 Å². The number of likely N-dealkylation sites (tertiary alicyclic amines) is 1.